The zero-order chi connectivity index (χ0) is 10.7. The molecular weight excluding hydrogens is 194 g/mol. The summed E-state index contributed by atoms with van der Waals surface area (Å²) in [5.41, 5.74) is 0.770. The Balaban J connectivity index is 1.91. The Hall–Kier alpha value is -1.36. The van der Waals surface area contributed by atoms with Gasteiger partial charge in [-0.3, -0.25) is 10.1 Å². The number of nitrogens with zero attached hydrogens (tertiary/aromatic N) is 1. The lowest BCUT2D eigenvalue weighted by atomic mass is 9.99. The van der Waals surface area contributed by atoms with E-state index >= 15 is 0 Å². The van der Waals surface area contributed by atoms with Gasteiger partial charge in [0.05, 0.1) is 11.6 Å². The summed E-state index contributed by atoms with van der Waals surface area (Å²) in [6.07, 6.45) is 3.50. The Kier molecular flexibility index (Phi) is 3.01. The van der Waals surface area contributed by atoms with Crippen LogP contribution in [0.4, 0.5) is 6.01 Å². The number of piperidine rings is 1. The van der Waals surface area contributed by atoms with Crippen molar-refractivity contribution in [2.45, 2.75) is 19.8 Å². The van der Waals surface area contributed by atoms with Crippen molar-refractivity contribution in [3.05, 3.63) is 12.0 Å². The molecule has 0 spiro atoms. The van der Waals surface area contributed by atoms with Crippen LogP contribution in [0.5, 0.6) is 0 Å². The number of amides is 1. The molecule has 0 aromatic carbocycles. The normalized spacial score (nSPS) is 21.3. The van der Waals surface area contributed by atoms with Crippen LogP contribution in [0, 0.1) is 12.8 Å². The summed E-state index contributed by atoms with van der Waals surface area (Å²) in [7, 11) is 0. The van der Waals surface area contributed by atoms with Crippen LogP contribution in [-0.2, 0) is 4.79 Å². The molecule has 0 bridgehead atoms. The predicted octanol–water partition coefficient (Wildman–Crippen LogP) is 0.921. The Bertz CT molecular complexity index is 342. The Morgan fingerprint density at radius 3 is 3.20 bits per heavy atom. The van der Waals surface area contributed by atoms with Crippen molar-refractivity contribution < 1.29 is 9.21 Å². The van der Waals surface area contributed by atoms with Gasteiger partial charge in [0.25, 0.3) is 0 Å². The lowest BCUT2D eigenvalue weighted by Gasteiger charge is -2.20. The summed E-state index contributed by atoms with van der Waals surface area (Å²) >= 11 is 0. The molecule has 1 aromatic heterocycles. The molecule has 15 heavy (non-hydrogen) atoms. The van der Waals surface area contributed by atoms with E-state index in [1.165, 1.54) is 6.26 Å². The third-order valence-electron chi connectivity index (χ3n) is 2.52. The van der Waals surface area contributed by atoms with E-state index < -0.39 is 0 Å². The number of aryl methyl sites for hydroxylation is 1. The van der Waals surface area contributed by atoms with E-state index in [-0.39, 0.29) is 11.8 Å². The number of carbonyl (C=O) groups excluding carboxylic acids is 1. The Labute approximate surface area is 88.3 Å². The summed E-state index contributed by atoms with van der Waals surface area (Å²) in [5, 5.41) is 5.87. The van der Waals surface area contributed by atoms with Crippen molar-refractivity contribution in [3.63, 3.8) is 0 Å². The standard InChI is InChI=1S/C10H15N3O2/c1-7-6-15-10(12-7)13-9(14)8-3-2-4-11-5-8/h6,8,11H,2-5H2,1H3,(H,12,13,14). The van der Waals surface area contributed by atoms with Crippen molar-refractivity contribution in [2.24, 2.45) is 5.92 Å². The molecular formula is C10H15N3O2. The van der Waals surface area contributed by atoms with Crippen LogP contribution < -0.4 is 10.6 Å². The summed E-state index contributed by atoms with van der Waals surface area (Å²) in [6, 6.07) is 0.295. The summed E-state index contributed by atoms with van der Waals surface area (Å²) < 4.78 is 5.06. The van der Waals surface area contributed by atoms with Gasteiger partial charge in [0.2, 0.25) is 5.91 Å². The minimum Gasteiger partial charge on any atom is -0.432 e. The van der Waals surface area contributed by atoms with Gasteiger partial charge in [-0.05, 0) is 26.3 Å². The smallest absolute Gasteiger partial charge is 0.301 e. The number of nitrogens with one attached hydrogen (secondary N) is 2. The molecule has 0 aliphatic carbocycles. The average molecular weight is 209 g/mol. The van der Waals surface area contributed by atoms with Crippen molar-refractivity contribution in [2.75, 3.05) is 18.4 Å². The molecule has 2 rings (SSSR count). The first kappa shape index (κ1) is 10.2. The first-order chi connectivity index (χ1) is 7.25. The predicted molar refractivity (Wildman–Crippen MR) is 55.5 cm³/mol. The first-order valence-corrected chi connectivity index (χ1v) is 5.19. The van der Waals surface area contributed by atoms with Gasteiger partial charge in [0.1, 0.15) is 6.26 Å². The molecule has 2 N–H and O–H groups in total. The molecule has 82 valence electrons. The van der Waals surface area contributed by atoms with Gasteiger partial charge < -0.3 is 9.73 Å². The number of oxazole rings is 1. The van der Waals surface area contributed by atoms with Crippen LogP contribution in [0.2, 0.25) is 0 Å². The SMILES string of the molecule is Cc1coc(NC(=O)C2CCCNC2)n1. The van der Waals surface area contributed by atoms with E-state index in [2.05, 4.69) is 15.6 Å². The minimum atomic E-state index is -0.0101. The van der Waals surface area contributed by atoms with E-state index in [0.717, 1.165) is 31.6 Å². The number of anilines is 1. The monoisotopic (exact) mass is 209 g/mol. The molecule has 1 aromatic rings. The van der Waals surface area contributed by atoms with Crippen LogP contribution in [0.1, 0.15) is 18.5 Å². The first-order valence-electron chi connectivity index (χ1n) is 5.19. The van der Waals surface area contributed by atoms with Gasteiger partial charge in [0.15, 0.2) is 0 Å². The van der Waals surface area contributed by atoms with E-state index in [9.17, 15) is 4.79 Å². The fraction of sp³-hybridized carbons (Fsp3) is 0.600. The maximum absolute atomic E-state index is 11.7. The van der Waals surface area contributed by atoms with Gasteiger partial charge in [-0.1, -0.05) is 0 Å². The van der Waals surface area contributed by atoms with Crippen LogP contribution in [0.3, 0.4) is 0 Å². The molecule has 2 heterocycles. The zero-order valence-electron chi connectivity index (χ0n) is 8.75. The summed E-state index contributed by atoms with van der Waals surface area (Å²) in [5.74, 6) is 0.0232. The third-order valence-corrected chi connectivity index (χ3v) is 2.52. The van der Waals surface area contributed by atoms with E-state index in [1.807, 2.05) is 6.92 Å². The van der Waals surface area contributed by atoms with Crippen LogP contribution >= 0.6 is 0 Å². The van der Waals surface area contributed by atoms with E-state index in [1.54, 1.807) is 0 Å². The number of hydrogen-bond donors (Lipinski definition) is 2. The lowest BCUT2D eigenvalue weighted by molar-refractivity contribution is -0.120. The van der Waals surface area contributed by atoms with Crippen molar-refractivity contribution in [1.29, 1.82) is 0 Å². The van der Waals surface area contributed by atoms with Gasteiger partial charge in [-0.25, -0.2) is 0 Å². The molecule has 0 radical (unpaired) electrons. The maximum atomic E-state index is 11.7. The van der Waals surface area contributed by atoms with Gasteiger partial charge >= 0.3 is 6.01 Å². The maximum Gasteiger partial charge on any atom is 0.301 e. The Morgan fingerprint density at radius 2 is 2.60 bits per heavy atom. The highest BCUT2D eigenvalue weighted by Gasteiger charge is 2.21. The highest BCUT2D eigenvalue weighted by Crippen LogP contribution is 2.13. The van der Waals surface area contributed by atoms with Crippen LogP contribution in [0.15, 0.2) is 10.7 Å². The van der Waals surface area contributed by atoms with Crippen LogP contribution in [0.25, 0.3) is 0 Å². The van der Waals surface area contributed by atoms with Crippen molar-refractivity contribution in [3.8, 4) is 0 Å². The Morgan fingerprint density at radius 1 is 1.73 bits per heavy atom. The minimum absolute atomic E-state index is 0.0101. The third kappa shape index (κ3) is 2.56. The largest absolute Gasteiger partial charge is 0.432 e. The molecule has 1 fully saturated rings. The topological polar surface area (TPSA) is 67.2 Å². The number of hydrogen-bond acceptors (Lipinski definition) is 4. The molecule has 1 atom stereocenters. The highest BCUT2D eigenvalue weighted by atomic mass is 16.4. The van der Waals surface area contributed by atoms with Gasteiger partial charge in [-0.2, -0.15) is 4.98 Å². The van der Waals surface area contributed by atoms with E-state index in [4.69, 9.17) is 4.42 Å². The number of carbonyl (C=O) groups is 1. The second-order valence-electron chi connectivity index (χ2n) is 3.83. The second kappa shape index (κ2) is 4.44. The molecule has 5 nitrogen and oxygen atoms in total. The van der Waals surface area contributed by atoms with E-state index in [0.29, 0.717) is 6.01 Å². The fourth-order valence-corrected chi connectivity index (χ4v) is 1.69. The number of rotatable bonds is 2. The molecule has 1 saturated heterocycles. The molecule has 5 heteroatoms. The van der Waals surface area contributed by atoms with Crippen molar-refractivity contribution in [1.82, 2.24) is 10.3 Å². The van der Waals surface area contributed by atoms with Gasteiger partial charge in [0, 0.05) is 6.54 Å². The quantitative estimate of drug-likeness (QED) is 0.760. The summed E-state index contributed by atoms with van der Waals surface area (Å²) in [4.78, 5) is 15.8. The number of aromatic nitrogens is 1. The molecule has 1 unspecified atom stereocenters. The molecule has 1 amide bonds. The highest BCUT2D eigenvalue weighted by molar-refractivity contribution is 5.90. The zero-order valence-corrected chi connectivity index (χ0v) is 8.75. The lowest BCUT2D eigenvalue weighted by Crippen LogP contribution is -2.37. The summed E-state index contributed by atoms with van der Waals surface area (Å²) in [6.45, 7) is 3.56. The fourth-order valence-electron chi connectivity index (χ4n) is 1.69. The van der Waals surface area contributed by atoms with Gasteiger partial charge in [-0.15, -0.1) is 0 Å². The average Bonchev–Trinajstić information content (AvgIpc) is 2.65. The van der Waals surface area contributed by atoms with Crippen LogP contribution in [-0.4, -0.2) is 24.0 Å². The van der Waals surface area contributed by atoms with Crippen molar-refractivity contribution >= 4 is 11.9 Å². The molecule has 1 aliphatic heterocycles. The second-order valence-corrected chi connectivity index (χ2v) is 3.83. The molecule has 1 aliphatic rings. The molecule has 0 saturated carbocycles.